The van der Waals surface area contributed by atoms with Gasteiger partial charge in [-0.2, -0.15) is 0 Å². The number of likely N-dealkylation sites (N-methyl/N-ethyl adjacent to an activating group) is 1. The molecular formula is C17H29FN4O. The van der Waals surface area contributed by atoms with E-state index in [0.717, 1.165) is 13.1 Å². The molecule has 6 heteroatoms. The van der Waals surface area contributed by atoms with Crippen LogP contribution in [-0.2, 0) is 0 Å². The maximum atomic E-state index is 13.5. The van der Waals surface area contributed by atoms with Gasteiger partial charge in [-0.3, -0.25) is 4.99 Å². The molecule has 0 bridgehead atoms. The van der Waals surface area contributed by atoms with E-state index >= 15 is 0 Å². The normalized spacial score (nSPS) is 13.3. The number of hydrogen-bond acceptors (Lipinski definition) is 3. The highest BCUT2D eigenvalue weighted by molar-refractivity contribution is 5.79. The van der Waals surface area contributed by atoms with Crippen molar-refractivity contribution in [3.8, 4) is 5.75 Å². The molecule has 1 rings (SSSR count). The first-order chi connectivity index (χ1) is 10.9. The number of guanidine groups is 1. The molecule has 23 heavy (non-hydrogen) atoms. The summed E-state index contributed by atoms with van der Waals surface area (Å²) in [5.74, 6) is 0.632. The average Bonchev–Trinajstić information content (AvgIpc) is 2.52. The van der Waals surface area contributed by atoms with Crippen LogP contribution in [0.5, 0.6) is 5.75 Å². The molecule has 1 aromatic rings. The van der Waals surface area contributed by atoms with Gasteiger partial charge < -0.3 is 20.3 Å². The zero-order valence-corrected chi connectivity index (χ0v) is 14.8. The quantitative estimate of drug-likeness (QED) is 0.568. The Morgan fingerprint density at radius 2 is 1.96 bits per heavy atom. The lowest BCUT2D eigenvalue weighted by molar-refractivity contribution is 0.214. The van der Waals surface area contributed by atoms with Gasteiger partial charge in [0.15, 0.2) is 17.5 Å². The molecule has 0 saturated carbocycles. The molecule has 0 heterocycles. The number of aliphatic imine (C=N–C) groups is 1. The topological polar surface area (TPSA) is 48.9 Å². The monoisotopic (exact) mass is 324 g/mol. The van der Waals surface area contributed by atoms with E-state index in [0.29, 0.717) is 18.5 Å². The SMILES string of the molecule is CN=C(NCCN(C)C(C)C)NCC(C)Oc1ccccc1F. The van der Waals surface area contributed by atoms with Crippen molar-refractivity contribution in [1.29, 1.82) is 0 Å². The molecule has 0 aliphatic rings. The number of nitrogens with one attached hydrogen (secondary N) is 2. The van der Waals surface area contributed by atoms with Crippen LogP contribution >= 0.6 is 0 Å². The molecule has 5 nitrogen and oxygen atoms in total. The van der Waals surface area contributed by atoms with Gasteiger partial charge in [-0.1, -0.05) is 12.1 Å². The second kappa shape index (κ2) is 10.0. The van der Waals surface area contributed by atoms with Crippen molar-refractivity contribution in [3.05, 3.63) is 30.1 Å². The fraction of sp³-hybridized carbons (Fsp3) is 0.588. The summed E-state index contributed by atoms with van der Waals surface area (Å²) in [6.07, 6.45) is -0.177. The molecule has 1 unspecified atom stereocenters. The summed E-state index contributed by atoms with van der Waals surface area (Å²) in [5, 5.41) is 6.44. The Hall–Kier alpha value is -1.82. The van der Waals surface area contributed by atoms with Crippen LogP contribution in [0.2, 0.25) is 0 Å². The molecule has 0 spiro atoms. The number of para-hydroxylation sites is 1. The van der Waals surface area contributed by atoms with E-state index < -0.39 is 0 Å². The molecule has 0 aliphatic heterocycles. The van der Waals surface area contributed by atoms with Gasteiger partial charge in [-0.15, -0.1) is 0 Å². The molecule has 0 fully saturated rings. The number of hydrogen-bond donors (Lipinski definition) is 2. The number of benzene rings is 1. The Balaban J connectivity index is 2.32. The number of ether oxygens (including phenoxy) is 1. The summed E-state index contributed by atoms with van der Waals surface area (Å²) in [6, 6.07) is 6.93. The van der Waals surface area contributed by atoms with Crippen LogP contribution in [0.3, 0.4) is 0 Å². The Kier molecular flexibility index (Phi) is 8.40. The third-order valence-corrected chi connectivity index (χ3v) is 3.58. The molecule has 2 N–H and O–H groups in total. The number of halogens is 1. The highest BCUT2D eigenvalue weighted by atomic mass is 19.1. The van der Waals surface area contributed by atoms with Crippen LogP contribution in [0, 0.1) is 5.82 Å². The van der Waals surface area contributed by atoms with Crippen LogP contribution in [0.4, 0.5) is 4.39 Å². The highest BCUT2D eigenvalue weighted by Gasteiger charge is 2.09. The summed E-state index contributed by atoms with van der Waals surface area (Å²) in [6.45, 7) is 8.48. The fourth-order valence-electron chi connectivity index (χ4n) is 1.87. The summed E-state index contributed by atoms with van der Waals surface area (Å²) >= 11 is 0. The molecule has 1 aromatic carbocycles. The number of rotatable bonds is 8. The predicted molar refractivity (Wildman–Crippen MR) is 93.6 cm³/mol. The van der Waals surface area contributed by atoms with Gasteiger partial charge in [0.05, 0.1) is 6.54 Å². The van der Waals surface area contributed by atoms with Gasteiger partial charge >= 0.3 is 0 Å². The van der Waals surface area contributed by atoms with E-state index in [1.54, 1.807) is 25.2 Å². The van der Waals surface area contributed by atoms with Gasteiger partial charge in [0.1, 0.15) is 6.10 Å². The Bertz CT molecular complexity index is 493. The van der Waals surface area contributed by atoms with Crippen molar-refractivity contribution in [2.24, 2.45) is 4.99 Å². The van der Waals surface area contributed by atoms with Crippen molar-refractivity contribution in [3.63, 3.8) is 0 Å². The Morgan fingerprint density at radius 3 is 2.57 bits per heavy atom. The van der Waals surface area contributed by atoms with Crippen molar-refractivity contribution >= 4 is 5.96 Å². The lowest BCUT2D eigenvalue weighted by Crippen LogP contribution is -2.44. The van der Waals surface area contributed by atoms with Crippen LogP contribution in [0.25, 0.3) is 0 Å². The molecule has 130 valence electrons. The summed E-state index contributed by atoms with van der Waals surface area (Å²) in [4.78, 5) is 6.43. The predicted octanol–water partition coefficient (Wildman–Crippen LogP) is 2.10. The summed E-state index contributed by atoms with van der Waals surface area (Å²) in [5.41, 5.74) is 0. The summed E-state index contributed by atoms with van der Waals surface area (Å²) < 4.78 is 19.1. The first-order valence-electron chi connectivity index (χ1n) is 8.00. The van der Waals surface area contributed by atoms with Crippen LogP contribution < -0.4 is 15.4 Å². The molecule has 0 amide bonds. The lowest BCUT2D eigenvalue weighted by Gasteiger charge is -2.22. The summed E-state index contributed by atoms with van der Waals surface area (Å²) in [7, 11) is 3.82. The maximum absolute atomic E-state index is 13.5. The van der Waals surface area contributed by atoms with E-state index in [2.05, 4.69) is 41.4 Å². The zero-order chi connectivity index (χ0) is 17.2. The van der Waals surface area contributed by atoms with Gasteiger partial charge in [-0.05, 0) is 40.0 Å². The van der Waals surface area contributed by atoms with Crippen LogP contribution in [-0.4, -0.2) is 56.7 Å². The Morgan fingerprint density at radius 1 is 1.26 bits per heavy atom. The van der Waals surface area contributed by atoms with E-state index in [1.807, 2.05) is 6.92 Å². The van der Waals surface area contributed by atoms with E-state index in [9.17, 15) is 4.39 Å². The lowest BCUT2D eigenvalue weighted by atomic mass is 10.3. The first kappa shape index (κ1) is 19.2. The third-order valence-electron chi connectivity index (χ3n) is 3.58. The van der Waals surface area contributed by atoms with Crippen molar-refractivity contribution < 1.29 is 9.13 Å². The van der Waals surface area contributed by atoms with Crippen molar-refractivity contribution in [2.75, 3.05) is 33.7 Å². The minimum Gasteiger partial charge on any atom is -0.486 e. The third kappa shape index (κ3) is 7.32. The zero-order valence-electron chi connectivity index (χ0n) is 14.8. The molecule has 1 atom stereocenters. The van der Waals surface area contributed by atoms with Gasteiger partial charge in [-0.25, -0.2) is 4.39 Å². The van der Waals surface area contributed by atoms with E-state index in [4.69, 9.17) is 4.74 Å². The first-order valence-corrected chi connectivity index (χ1v) is 8.00. The van der Waals surface area contributed by atoms with E-state index in [-0.39, 0.29) is 17.7 Å². The minimum absolute atomic E-state index is 0.177. The largest absolute Gasteiger partial charge is 0.486 e. The second-order valence-electron chi connectivity index (χ2n) is 5.81. The van der Waals surface area contributed by atoms with Crippen molar-refractivity contribution in [1.82, 2.24) is 15.5 Å². The second-order valence-corrected chi connectivity index (χ2v) is 5.81. The van der Waals surface area contributed by atoms with Gasteiger partial charge in [0.25, 0.3) is 0 Å². The van der Waals surface area contributed by atoms with Crippen molar-refractivity contribution in [2.45, 2.75) is 32.9 Å². The fourth-order valence-corrected chi connectivity index (χ4v) is 1.87. The molecular weight excluding hydrogens is 295 g/mol. The average molecular weight is 324 g/mol. The maximum Gasteiger partial charge on any atom is 0.191 e. The highest BCUT2D eigenvalue weighted by Crippen LogP contribution is 2.16. The van der Waals surface area contributed by atoms with Gasteiger partial charge in [0, 0.05) is 26.2 Å². The minimum atomic E-state index is -0.349. The van der Waals surface area contributed by atoms with Crippen LogP contribution in [0.1, 0.15) is 20.8 Å². The van der Waals surface area contributed by atoms with E-state index in [1.165, 1.54) is 6.07 Å². The number of nitrogens with zero attached hydrogens (tertiary/aromatic N) is 2. The smallest absolute Gasteiger partial charge is 0.191 e. The molecule has 0 radical (unpaired) electrons. The van der Waals surface area contributed by atoms with Crippen LogP contribution in [0.15, 0.2) is 29.3 Å². The standard InChI is InChI=1S/C17H29FN4O/c1-13(2)22(5)11-10-20-17(19-4)21-12-14(3)23-16-9-7-6-8-15(16)18/h6-9,13-14H,10-12H2,1-5H3,(H2,19,20,21). The van der Waals surface area contributed by atoms with Gasteiger partial charge in [0.2, 0.25) is 0 Å². The Labute approximate surface area is 138 Å². The molecule has 0 aromatic heterocycles. The molecule has 0 aliphatic carbocycles. The molecule has 0 saturated heterocycles.